The highest BCUT2D eigenvalue weighted by Crippen LogP contribution is 2.14. The van der Waals surface area contributed by atoms with Crippen molar-refractivity contribution in [2.24, 2.45) is 5.41 Å². The minimum Gasteiger partial charge on any atom is -0.481 e. The standard InChI is InChI=1S/C12H22N2O5/c1-8-4-14(5-9(6-15)19-8)11(18)13-7-12(2,3)10(16)17/h8-9,15H,4-7H2,1-3H3,(H,13,18)(H,16,17). The van der Waals surface area contributed by atoms with Crippen molar-refractivity contribution in [3.8, 4) is 0 Å². The molecule has 2 amide bonds. The second-order valence-corrected chi connectivity index (χ2v) is 5.50. The number of aliphatic hydroxyl groups excluding tert-OH is 1. The molecule has 2 atom stereocenters. The number of hydrogen-bond donors (Lipinski definition) is 3. The van der Waals surface area contributed by atoms with Crippen LogP contribution in [0.4, 0.5) is 4.79 Å². The van der Waals surface area contributed by atoms with E-state index in [-0.39, 0.29) is 31.4 Å². The van der Waals surface area contributed by atoms with Gasteiger partial charge in [0.05, 0.1) is 30.8 Å². The maximum atomic E-state index is 12.0. The van der Waals surface area contributed by atoms with Crippen LogP contribution in [0.2, 0.25) is 0 Å². The molecule has 0 aliphatic carbocycles. The number of ether oxygens (including phenoxy) is 1. The summed E-state index contributed by atoms with van der Waals surface area (Å²) in [5.74, 6) is -0.962. The lowest BCUT2D eigenvalue weighted by molar-refractivity contribution is -0.146. The highest BCUT2D eigenvalue weighted by molar-refractivity contribution is 5.77. The number of carboxylic acid groups (broad SMARTS) is 1. The van der Waals surface area contributed by atoms with E-state index in [1.165, 1.54) is 4.90 Å². The zero-order chi connectivity index (χ0) is 14.6. The van der Waals surface area contributed by atoms with Crippen LogP contribution in [0.15, 0.2) is 0 Å². The van der Waals surface area contributed by atoms with Gasteiger partial charge in [0, 0.05) is 13.1 Å². The molecule has 7 heteroatoms. The highest BCUT2D eigenvalue weighted by Gasteiger charge is 2.31. The number of carboxylic acids is 1. The monoisotopic (exact) mass is 274 g/mol. The van der Waals surface area contributed by atoms with E-state index in [4.69, 9.17) is 14.9 Å². The molecule has 0 saturated carbocycles. The van der Waals surface area contributed by atoms with Crippen molar-refractivity contribution in [3.63, 3.8) is 0 Å². The van der Waals surface area contributed by atoms with E-state index in [2.05, 4.69) is 5.32 Å². The van der Waals surface area contributed by atoms with E-state index >= 15 is 0 Å². The Labute approximate surface area is 112 Å². The molecule has 0 spiro atoms. The first-order valence-corrected chi connectivity index (χ1v) is 6.28. The third-order valence-electron chi connectivity index (χ3n) is 3.08. The lowest BCUT2D eigenvalue weighted by Gasteiger charge is -2.36. The van der Waals surface area contributed by atoms with Crippen LogP contribution in [-0.4, -0.2) is 65.6 Å². The van der Waals surface area contributed by atoms with Crippen LogP contribution in [0.3, 0.4) is 0 Å². The summed E-state index contributed by atoms with van der Waals surface area (Å²) in [4.78, 5) is 24.4. The molecule has 0 radical (unpaired) electrons. The van der Waals surface area contributed by atoms with Crippen molar-refractivity contribution < 1.29 is 24.5 Å². The summed E-state index contributed by atoms with van der Waals surface area (Å²) in [5.41, 5.74) is -1.01. The fourth-order valence-electron chi connectivity index (χ4n) is 1.80. The molecule has 0 aromatic carbocycles. The zero-order valence-corrected chi connectivity index (χ0v) is 11.5. The van der Waals surface area contributed by atoms with Gasteiger partial charge in [-0.2, -0.15) is 0 Å². The molecule has 0 aromatic heterocycles. The second-order valence-electron chi connectivity index (χ2n) is 5.50. The smallest absolute Gasteiger partial charge is 0.317 e. The first-order chi connectivity index (χ1) is 8.76. The molecule has 0 aromatic rings. The van der Waals surface area contributed by atoms with Crippen LogP contribution in [0, 0.1) is 5.41 Å². The van der Waals surface area contributed by atoms with Crippen LogP contribution in [0.1, 0.15) is 20.8 Å². The number of rotatable bonds is 4. The van der Waals surface area contributed by atoms with Gasteiger partial charge in [-0.15, -0.1) is 0 Å². The fraction of sp³-hybridized carbons (Fsp3) is 0.833. The summed E-state index contributed by atoms with van der Waals surface area (Å²) in [7, 11) is 0. The van der Waals surface area contributed by atoms with Gasteiger partial charge in [0.15, 0.2) is 0 Å². The number of nitrogens with one attached hydrogen (secondary N) is 1. The molecule has 110 valence electrons. The van der Waals surface area contributed by atoms with Gasteiger partial charge >= 0.3 is 12.0 Å². The number of morpholine rings is 1. The van der Waals surface area contributed by atoms with Gasteiger partial charge in [-0.05, 0) is 20.8 Å². The van der Waals surface area contributed by atoms with Crippen molar-refractivity contribution in [1.29, 1.82) is 0 Å². The van der Waals surface area contributed by atoms with Crippen molar-refractivity contribution in [3.05, 3.63) is 0 Å². The Kier molecular flexibility index (Phi) is 5.13. The zero-order valence-electron chi connectivity index (χ0n) is 11.5. The Morgan fingerprint density at radius 3 is 2.58 bits per heavy atom. The summed E-state index contributed by atoms with van der Waals surface area (Å²) >= 11 is 0. The molecule has 19 heavy (non-hydrogen) atoms. The van der Waals surface area contributed by atoms with Gasteiger partial charge in [-0.25, -0.2) is 4.79 Å². The normalized spacial score (nSPS) is 24.1. The van der Waals surface area contributed by atoms with Crippen LogP contribution in [0.25, 0.3) is 0 Å². The van der Waals surface area contributed by atoms with Crippen LogP contribution >= 0.6 is 0 Å². The first-order valence-electron chi connectivity index (χ1n) is 6.28. The van der Waals surface area contributed by atoms with Crippen molar-refractivity contribution in [2.45, 2.75) is 33.0 Å². The molecule has 2 unspecified atom stereocenters. The van der Waals surface area contributed by atoms with E-state index in [1.807, 2.05) is 6.92 Å². The van der Waals surface area contributed by atoms with Gasteiger partial charge in [-0.3, -0.25) is 4.79 Å². The Morgan fingerprint density at radius 1 is 1.42 bits per heavy atom. The number of carbonyl (C=O) groups is 2. The molecule has 3 N–H and O–H groups in total. The summed E-state index contributed by atoms with van der Waals surface area (Å²) in [5, 5.41) is 20.7. The first kappa shape index (κ1) is 15.7. The lowest BCUT2D eigenvalue weighted by Crippen LogP contribution is -2.54. The molecule has 7 nitrogen and oxygen atoms in total. The number of aliphatic carboxylic acids is 1. The third-order valence-corrected chi connectivity index (χ3v) is 3.08. The van der Waals surface area contributed by atoms with Gasteiger partial charge in [0.1, 0.15) is 0 Å². The molecule has 1 heterocycles. The molecule has 1 aliphatic heterocycles. The molecular weight excluding hydrogens is 252 g/mol. The topological polar surface area (TPSA) is 99.1 Å². The average Bonchev–Trinajstić information content (AvgIpc) is 2.34. The fourth-order valence-corrected chi connectivity index (χ4v) is 1.80. The van der Waals surface area contributed by atoms with E-state index < -0.39 is 11.4 Å². The molecule has 1 saturated heterocycles. The molecule has 1 rings (SSSR count). The highest BCUT2D eigenvalue weighted by atomic mass is 16.5. The number of aliphatic hydroxyl groups is 1. The predicted molar refractivity (Wildman–Crippen MR) is 67.8 cm³/mol. The SMILES string of the molecule is CC1CN(C(=O)NCC(C)(C)C(=O)O)CC(CO)O1. The lowest BCUT2D eigenvalue weighted by atomic mass is 9.94. The maximum Gasteiger partial charge on any atom is 0.317 e. The minimum atomic E-state index is -1.01. The molecule has 0 bridgehead atoms. The van der Waals surface area contributed by atoms with Crippen LogP contribution in [0.5, 0.6) is 0 Å². The summed E-state index contributed by atoms with van der Waals surface area (Å²) in [6, 6.07) is -0.331. The van der Waals surface area contributed by atoms with Crippen LogP contribution < -0.4 is 5.32 Å². The molecular formula is C12H22N2O5. The predicted octanol–water partition coefficient (Wildman–Crippen LogP) is -0.112. The van der Waals surface area contributed by atoms with E-state index in [0.717, 1.165) is 0 Å². The summed E-state index contributed by atoms with van der Waals surface area (Å²) < 4.78 is 5.43. The van der Waals surface area contributed by atoms with Gasteiger partial charge in [0.2, 0.25) is 0 Å². The van der Waals surface area contributed by atoms with E-state index in [9.17, 15) is 9.59 Å². The van der Waals surface area contributed by atoms with Crippen molar-refractivity contribution >= 4 is 12.0 Å². The quantitative estimate of drug-likeness (QED) is 0.664. The van der Waals surface area contributed by atoms with E-state index in [1.54, 1.807) is 13.8 Å². The Bertz CT molecular complexity index is 345. The minimum absolute atomic E-state index is 0.0523. The average molecular weight is 274 g/mol. The summed E-state index contributed by atoms with van der Waals surface area (Å²) in [6.45, 7) is 5.56. The van der Waals surface area contributed by atoms with Gasteiger partial charge < -0.3 is 25.2 Å². The Balaban J connectivity index is 2.51. The largest absolute Gasteiger partial charge is 0.481 e. The van der Waals surface area contributed by atoms with Crippen molar-refractivity contribution in [1.82, 2.24) is 10.2 Å². The third kappa shape index (κ3) is 4.36. The van der Waals surface area contributed by atoms with Gasteiger partial charge in [-0.1, -0.05) is 0 Å². The van der Waals surface area contributed by atoms with E-state index in [0.29, 0.717) is 13.1 Å². The number of nitrogens with zero attached hydrogens (tertiary/aromatic N) is 1. The molecule has 1 fully saturated rings. The maximum absolute atomic E-state index is 12.0. The number of amides is 2. The van der Waals surface area contributed by atoms with Crippen LogP contribution in [-0.2, 0) is 9.53 Å². The Hall–Kier alpha value is -1.34. The second kappa shape index (κ2) is 6.21. The van der Waals surface area contributed by atoms with Gasteiger partial charge in [0.25, 0.3) is 0 Å². The number of hydrogen-bond acceptors (Lipinski definition) is 4. The van der Waals surface area contributed by atoms with Crippen molar-refractivity contribution in [2.75, 3.05) is 26.2 Å². The molecule has 1 aliphatic rings. The Morgan fingerprint density at radius 2 is 2.05 bits per heavy atom. The number of urea groups is 1. The number of carbonyl (C=O) groups excluding carboxylic acids is 1. The summed E-state index contributed by atoms with van der Waals surface area (Å²) in [6.07, 6.45) is -0.536.